The minimum absolute atomic E-state index is 0.0136. The van der Waals surface area contributed by atoms with Crippen molar-refractivity contribution in [3.63, 3.8) is 0 Å². The van der Waals surface area contributed by atoms with Crippen LogP contribution in [0.15, 0.2) is 41.6 Å². The predicted molar refractivity (Wildman–Crippen MR) is 225 cm³/mol. The lowest BCUT2D eigenvalue weighted by molar-refractivity contribution is -0.302. The van der Waals surface area contributed by atoms with Crippen molar-refractivity contribution >= 4 is 29.3 Å². The normalized spacial score (nSPS) is 38.5. The Labute approximate surface area is 359 Å². The lowest BCUT2D eigenvalue weighted by Crippen LogP contribution is -2.60. The van der Waals surface area contributed by atoms with Crippen LogP contribution in [0.4, 0.5) is 5.82 Å². The van der Waals surface area contributed by atoms with Gasteiger partial charge in [-0.05, 0) is 85.3 Å². The zero-order valence-corrected chi connectivity index (χ0v) is 37.2. The molecule has 61 heavy (non-hydrogen) atoms. The summed E-state index contributed by atoms with van der Waals surface area (Å²) in [5, 5.41) is 16.2. The van der Waals surface area contributed by atoms with Crippen molar-refractivity contribution in [3.8, 4) is 11.4 Å². The van der Waals surface area contributed by atoms with Crippen molar-refractivity contribution in [2.24, 2.45) is 34.7 Å². The largest absolute Gasteiger partial charge is 0.458 e. The maximum absolute atomic E-state index is 14.6. The highest BCUT2D eigenvalue weighted by Crippen LogP contribution is 2.46. The van der Waals surface area contributed by atoms with E-state index in [-0.39, 0.29) is 50.6 Å². The van der Waals surface area contributed by atoms with Crippen LogP contribution in [-0.4, -0.2) is 125 Å². The van der Waals surface area contributed by atoms with Gasteiger partial charge in [0.15, 0.2) is 12.9 Å². The van der Waals surface area contributed by atoms with Gasteiger partial charge < -0.3 is 49.0 Å². The molecule has 16 nitrogen and oxygen atoms in total. The van der Waals surface area contributed by atoms with Crippen LogP contribution in [0.3, 0.4) is 0 Å². The van der Waals surface area contributed by atoms with E-state index in [0.29, 0.717) is 41.5 Å². The molecule has 0 aromatic carbocycles. The molecular weight excluding hydrogens is 787 g/mol. The average molecular weight is 852 g/mol. The minimum Gasteiger partial charge on any atom is -0.458 e. The van der Waals surface area contributed by atoms with Crippen LogP contribution in [-0.2, 0) is 54.2 Å². The number of anilines is 1. The van der Waals surface area contributed by atoms with Gasteiger partial charge in [0.1, 0.15) is 35.1 Å². The summed E-state index contributed by atoms with van der Waals surface area (Å²) in [5.74, 6) is -3.99. The maximum Gasteiger partial charge on any atom is 0.311 e. The molecule has 4 aliphatic rings. The molecule has 336 valence electrons. The minimum atomic E-state index is -1.26. The van der Waals surface area contributed by atoms with Gasteiger partial charge in [0, 0.05) is 29.7 Å². The zero-order chi connectivity index (χ0) is 44.4. The standard InChI is InChI=1S/C45H65N5O11/c1-11-35-45(8)31(19-37(51)61-45)26(4)38(52)24(2)20-44(7)41(60-43-39(53)34(50(9)10)18-25(3)58-43)27(5)40(28(6)42(54)59-35)55-21-30(22-56-44)49-57-23-29-14-12-15-32(47-29)33-16-13-17-36(46)48-33/h12-17,24-28,31,34-35,39-41,43,53H,11,18-23H2,1-10H3,(H2,46,48)/b49-30-/t24-,25-,26-,27+,28-,31+,34+,35-,39-,40+,41-,43+,44-,45+/m1/s1. The third kappa shape index (κ3) is 10.1. The van der Waals surface area contributed by atoms with Crippen molar-refractivity contribution < 1.29 is 52.7 Å². The first-order chi connectivity index (χ1) is 28.8. The molecule has 0 unspecified atom stereocenters. The molecule has 4 fully saturated rings. The summed E-state index contributed by atoms with van der Waals surface area (Å²) in [6.45, 7) is 14.6. The number of ether oxygens (including phenoxy) is 6. The lowest BCUT2D eigenvalue weighted by Gasteiger charge is -2.48. The second-order valence-electron chi connectivity index (χ2n) is 18.1. The number of hydrogen-bond donors (Lipinski definition) is 2. The molecule has 3 N–H and O–H groups in total. The van der Waals surface area contributed by atoms with E-state index in [0.717, 1.165) is 0 Å². The fourth-order valence-corrected chi connectivity index (χ4v) is 9.89. The summed E-state index contributed by atoms with van der Waals surface area (Å²) >= 11 is 0. The highest BCUT2D eigenvalue weighted by atomic mass is 16.7. The van der Waals surface area contributed by atoms with E-state index >= 15 is 0 Å². The van der Waals surface area contributed by atoms with Gasteiger partial charge >= 0.3 is 11.9 Å². The molecule has 2 bridgehead atoms. The second-order valence-corrected chi connectivity index (χ2v) is 18.1. The molecule has 2 aromatic heterocycles. The number of cyclic esters (lactones) is 1. The Morgan fingerprint density at radius 1 is 0.984 bits per heavy atom. The van der Waals surface area contributed by atoms with Gasteiger partial charge in [0.25, 0.3) is 0 Å². The number of aromatic nitrogens is 2. The van der Waals surface area contributed by atoms with Crippen LogP contribution in [0.25, 0.3) is 11.4 Å². The second kappa shape index (κ2) is 19.1. The number of hydrogen-bond acceptors (Lipinski definition) is 16. The van der Waals surface area contributed by atoms with Gasteiger partial charge in [-0.2, -0.15) is 0 Å². The number of carbonyl (C=O) groups excluding carboxylic acids is 3. The van der Waals surface area contributed by atoms with Crippen molar-refractivity contribution in [2.75, 3.05) is 33.0 Å². The highest BCUT2D eigenvalue weighted by molar-refractivity contribution is 5.87. The van der Waals surface area contributed by atoms with Crippen molar-refractivity contribution in [1.29, 1.82) is 0 Å². The topological polar surface area (TPSA) is 203 Å². The van der Waals surface area contributed by atoms with Gasteiger partial charge in [-0.15, -0.1) is 0 Å². The Balaban J connectivity index is 1.38. The van der Waals surface area contributed by atoms with E-state index in [9.17, 15) is 19.5 Å². The summed E-state index contributed by atoms with van der Waals surface area (Å²) < 4.78 is 39.0. The molecule has 0 spiro atoms. The summed E-state index contributed by atoms with van der Waals surface area (Å²) in [6, 6.07) is 10.6. The van der Waals surface area contributed by atoms with Crippen LogP contribution in [0.5, 0.6) is 0 Å². The molecule has 16 heteroatoms. The first-order valence-electron chi connectivity index (χ1n) is 21.6. The number of likely N-dealkylation sites (N-methyl/N-ethyl adjacent to an activating group) is 1. The SMILES string of the molecule is CC[C@H]1OC(=O)[C@H](C)[C@H]2OC/C(=N/OCc3cccc(-c4cccc(N)n4)n3)CO[C@](C)(C[C@@H](C)C(=O)[C@H](C)[C@@H]3CC(=O)O[C@]13C)[C@H](O[C@@H]1O[C@H](C)C[C@H](N(C)C)[C@H]1O)[C@H]2C. The number of rotatable bonds is 8. The quantitative estimate of drug-likeness (QED) is 0.272. The lowest BCUT2D eigenvalue weighted by atomic mass is 9.70. The van der Waals surface area contributed by atoms with Gasteiger partial charge in [-0.1, -0.05) is 45.0 Å². The summed E-state index contributed by atoms with van der Waals surface area (Å²) in [4.78, 5) is 58.9. The summed E-state index contributed by atoms with van der Waals surface area (Å²) in [5.41, 5.74) is 5.63. The maximum atomic E-state index is 14.6. The van der Waals surface area contributed by atoms with E-state index < -0.39 is 83.4 Å². The molecule has 0 aliphatic carbocycles. The number of Topliss-reactive ketones (excluding diaryl/α,β-unsaturated/α-hetero) is 1. The van der Waals surface area contributed by atoms with E-state index in [1.165, 1.54) is 0 Å². The fraction of sp³-hybridized carbons (Fsp3) is 0.689. The third-order valence-corrected chi connectivity index (χ3v) is 13.3. The van der Waals surface area contributed by atoms with E-state index in [1.54, 1.807) is 19.9 Å². The number of pyridine rings is 2. The van der Waals surface area contributed by atoms with Gasteiger partial charge in [0.05, 0.1) is 66.5 Å². The third-order valence-electron chi connectivity index (χ3n) is 13.3. The Kier molecular flexibility index (Phi) is 14.6. The number of nitrogens with zero attached hydrogens (tertiary/aromatic N) is 4. The number of nitrogens with two attached hydrogens (primary N) is 1. The average Bonchev–Trinajstić information content (AvgIpc) is 3.55. The Hall–Kier alpha value is -4.06. The molecular formula is C45H65N5O11. The van der Waals surface area contributed by atoms with Crippen LogP contribution >= 0.6 is 0 Å². The molecule has 0 saturated carbocycles. The number of esters is 2. The van der Waals surface area contributed by atoms with Crippen LogP contribution in [0.1, 0.15) is 86.8 Å². The van der Waals surface area contributed by atoms with Crippen molar-refractivity contribution in [2.45, 2.75) is 142 Å². The number of oxime groups is 1. The Bertz CT molecular complexity index is 1910. The van der Waals surface area contributed by atoms with Crippen LogP contribution in [0.2, 0.25) is 0 Å². The smallest absolute Gasteiger partial charge is 0.311 e. The van der Waals surface area contributed by atoms with E-state index in [4.69, 9.17) is 39.0 Å². The first kappa shape index (κ1) is 46.4. The van der Waals surface area contributed by atoms with E-state index in [1.807, 2.05) is 90.9 Å². The number of carbonyl (C=O) groups is 3. The number of nitrogen functional groups attached to an aromatic ring is 1. The first-order valence-corrected chi connectivity index (χ1v) is 21.6. The molecule has 2 aromatic rings. The predicted octanol–water partition coefficient (Wildman–Crippen LogP) is 4.74. The zero-order valence-electron chi connectivity index (χ0n) is 37.2. The van der Waals surface area contributed by atoms with Gasteiger partial charge in [-0.25, -0.2) is 9.97 Å². The fourth-order valence-electron chi connectivity index (χ4n) is 9.89. The monoisotopic (exact) mass is 851 g/mol. The number of aliphatic hydroxyl groups is 1. The summed E-state index contributed by atoms with van der Waals surface area (Å²) in [7, 11) is 3.80. The molecule has 14 atom stereocenters. The Morgan fingerprint density at radius 3 is 2.38 bits per heavy atom. The number of ketones is 1. The van der Waals surface area contributed by atoms with Gasteiger partial charge in [0.2, 0.25) is 0 Å². The molecule has 4 saturated heterocycles. The van der Waals surface area contributed by atoms with Crippen LogP contribution in [0, 0.1) is 29.6 Å². The van der Waals surface area contributed by atoms with Crippen molar-refractivity contribution in [3.05, 3.63) is 42.1 Å². The highest BCUT2D eigenvalue weighted by Gasteiger charge is 2.57. The molecule has 6 heterocycles. The van der Waals surface area contributed by atoms with E-state index in [2.05, 4.69) is 15.1 Å². The van der Waals surface area contributed by atoms with Crippen molar-refractivity contribution in [1.82, 2.24) is 14.9 Å². The number of aliphatic hydroxyl groups excluding tert-OH is 1. The molecule has 0 amide bonds. The Morgan fingerprint density at radius 2 is 1.69 bits per heavy atom. The van der Waals surface area contributed by atoms with Gasteiger partial charge in [-0.3, -0.25) is 14.4 Å². The molecule has 4 aliphatic heterocycles. The van der Waals surface area contributed by atoms with Crippen LogP contribution < -0.4 is 5.73 Å². The molecule has 6 rings (SSSR count). The molecule has 0 radical (unpaired) electrons. The number of fused-ring (bicyclic) bond motifs is 4. The summed E-state index contributed by atoms with van der Waals surface area (Å²) in [6.07, 6.45) is -3.83.